The van der Waals surface area contributed by atoms with E-state index in [0.717, 1.165) is 26.8 Å². The van der Waals surface area contributed by atoms with Gasteiger partial charge in [0.2, 0.25) is 0 Å². The van der Waals surface area contributed by atoms with Crippen LogP contribution in [0.2, 0.25) is 0 Å². The molecule has 3 aromatic rings. The van der Waals surface area contributed by atoms with E-state index in [9.17, 15) is 14.4 Å². The molecule has 5 rings (SSSR count). The summed E-state index contributed by atoms with van der Waals surface area (Å²) in [4.78, 5) is 38.7. The third-order valence-electron chi connectivity index (χ3n) is 6.47. The number of carbonyl (C=O) groups excluding carboxylic acids is 3. The molecule has 170 valence electrons. The van der Waals surface area contributed by atoms with Crippen LogP contribution in [-0.2, 0) is 14.3 Å². The maximum atomic E-state index is 13.3. The van der Waals surface area contributed by atoms with Gasteiger partial charge in [0.05, 0.1) is 19.4 Å². The summed E-state index contributed by atoms with van der Waals surface area (Å²) in [7, 11) is 0. The summed E-state index contributed by atoms with van der Waals surface area (Å²) in [6, 6.07) is 22.0. The Morgan fingerprint density at radius 1 is 0.882 bits per heavy atom. The number of carbonyl (C=O) groups is 3. The van der Waals surface area contributed by atoms with Gasteiger partial charge in [0.25, 0.3) is 0 Å². The van der Waals surface area contributed by atoms with E-state index in [1.54, 1.807) is 0 Å². The summed E-state index contributed by atoms with van der Waals surface area (Å²) in [6.07, 6.45) is 1.84. The lowest BCUT2D eigenvalue weighted by molar-refractivity contribution is -0.143. The summed E-state index contributed by atoms with van der Waals surface area (Å²) in [5.41, 5.74) is 2.92. The van der Waals surface area contributed by atoms with Crippen molar-refractivity contribution in [3.63, 3.8) is 0 Å². The molecule has 0 amide bonds. The van der Waals surface area contributed by atoms with Gasteiger partial charge in [-0.1, -0.05) is 86.7 Å². The van der Waals surface area contributed by atoms with Crippen LogP contribution < -0.4 is 10.4 Å². The molecule has 0 saturated carbocycles. The van der Waals surface area contributed by atoms with Gasteiger partial charge in [-0.3, -0.25) is 14.4 Å². The first kappa shape index (κ1) is 22.0. The number of benzene rings is 3. The molecule has 0 spiro atoms. The van der Waals surface area contributed by atoms with Crippen molar-refractivity contribution in [2.75, 3.05) is 6.61 Å². The zero-order valence-corrected chi connectivity index (χ0v) is 19.3. The predicted octanol–water partition coefficient (Wildman–Crippen LogP) is 3.80. The molecule has 0 aromatic heterocycles. The van der Waals surface area contributed by atoms with E-state index in [4.69, 9.17) is 4.74 Å². The van der Waals surface area contributed by atoms with E-state index in [1.165, 1.54) is 0 Å². The standard InChI is InChI=1S/C30H26O4/c1-18(2)17-34-28(33)15-25-23-13-12-22-21-11-7-6-10-20(21)14-24(19-8-4-3-5-9-19)29(22)30(23)27(32)16-26(25)31/h3-14,18,24H,15-17H2,1-2H3. The zero-order chi connectivity index (χ0) is 23.8. The Bertz CT molecular complexity index is 1530. The lowest BCUT2D eigenvalue weighted by Gasteiger charge is -2.24. The third kappa shape index (κ3) is 3.90. The normalized spacial score (nSPS) is 16.4. The molecular weight excluding hydrogens is 424 g/mol. The highest BCUT2D eigenvalue weighted by Gasteiger charge is 2.31. The Hall–Kier alpha value is -3.79. The Morgan fingerprint density at radius 2 is 1.59 bits per heavy atom. The van der Waals surface area contributed by atoms with Crippen molar-refractivity contribution in [1.29, 1.82) is 0 Å². The minimum atomic E-state index is -0.438. The summed E-state index contributed by atoms with van der Waals surface area (Å²) < 4.78 is 5.34. The summed E-state index contributed by atoms with van der Waals surface area (Å²) >= 11 is 0. The van der Waals surface area contributed by atoms with E-state index in [0.29, 0.717) is 23.0 Å². The van der Waals surface area contributed by atoms with Crippen LogP contribution in [-0.4, -0.2) is 24.1 Å². The number of hydrogen-bond acceptors (Lipinski definition) is 4. The molecule has 0 heterocycles. The highest BCUT2D eigenvalue weighted by Crippen LogP contribution is 2.33. The Morgan fingerprint density at radius 3 is 2.35 bits per heavy atom. The molecule has 0 radical (unpaired) electrons. The molecule has 1 atom stereocenters. The average molecular weight is 451 g/mol. The van der Waals surface area contributed by atoms with Crippen molar-refractivity contribution in [3.8, 4) is 0 Å². The topological polar surface area (TPSA) is 60.4 Å². The van der Waals surface area contributed by atoms with E-state index < -0.39 is 5.97 Å². The predicted molar refractivity (Wildman–Crippen MR) is 130 cm³/mol. The van der Waals surface area contributed by atoms with Crippen molar-refractivity contribution < 1.29 is 19.1 Å². The van der Waals surface area contributed by atoms with E-state index >= 15 is 0 Å². The SMILES string of the molecule is CC(C)COC(=O)CC1=c2ccc3c(c2C(=O)CC1=O)C(c1ccccc1)C=c1ccccc1=3. The number of ketones is 2. The number of Topliss-reactive ketones (excluding diaryl/α,β-unsaturated/α-hetero) is 2. The van der Waals surface area contributed by atoms with Gasteiger partial charge in [0, 0.05) is 17.1 Å². The van der Waals surface area contributed by atoms with Crippen LogP contribution in [0.3, 0.4) is 0 Å². The van der Waals surface area contributed by atoms with Crippen molar-refractivity contribution in [2.45, 2.75) is 32.6 Å². The second kappa shape index (κ2) is 8.86. The lowest BCUT2D eigenvalue weighted by atomic mass is 9.77. The van der Waals surface area contributed by atoms with E-state index in [2.05, 4.69) is 30.3 Å². The molecule has 0 aliphatic heterocycles. The Kier molecular flexibility index (Phi) is 5.74. The van der Waals surface area contributed by atoms with Gasteiger partial charge in [-0.25, -0.2) is 0 Å². The zero-order valence-electron chi connectivity index (χ0n) is 19.3. The van der Waals surface area contributed by atoms with Crippen LogP contribution in [0.15, 0.2) is 66.7 Å². The average Bonchev–Trinajstić information content (AvgIpc) is 2.84. The number of fused-ring (bicyclic) bond motifs is 4. The Balaban J connectivity index is 1.80. The van der Waals surface area contributed by atoms with E-state index in [1.807, 2.05) is 56.3 Å². The van der Waals surface area contributed by atoms with Crippen LogP contribution in [0.1, 0.15) is 54.1 Å². The molecule has 0 saturated heterocycles. The number of ether oxygens (including phenoxy) is 1. The van der Waals surface area contributed by atoms with Crippen molar-refractivity contribution in [1.82, 2.24) is 0 Å². The molecule has 0 N–H and O–H groups in total. The fourth-order valence-corrected chi connectivity index (χ4v) is 4.94. The number of rotatable bonds is 5. The van der Waals surface area contributed by atoms with Crippen molar-refractivity contribution in [3.05, 3.63) is 104 Å². The van der Waals surface area contributed by atoms with Gasteiger partial charge in [0.15, 0.2) is 11.6 Å². The van der Waals surface area contributed by atoms with Gasteiger partial charge in [-0.05, 0) is 37.9 Å². The molecule has 0 fully saturated rings. The van der Waals surface area contributed by atoms with Crippen LogP contribution in [0.4, 0.5) is 0 Å². The molecule has 3 aromatic carbocycles. The monoisotopic (exact) mass is 450 g/mol. The minimum Gasteiger partial charge on any atom is -0.465 e. The molecule has 4 heteroatoms. The highest BCUT2D eigenvalue weighted by atomic mass is 16.5. The van der Waals surface area contributed by atoms with Gasteiger partial charge in [-0.2, -0.15) is 0 Å². The summed E-state index contributed by atoms with van der Waals surface area (Å²) in [5, 5.41) is 3.74. The van der Waals surface area contributed by atoms with Crippen LogP contribution >= 0.6 is 0 Å². The highest BCUT2D eigenvalue weighted by molar-refractivity contribution is 6.29. The first-order valence-electron chi connectivity index (χ1n) is 11.7. The second-order valence-corrected chi connectivity index (χ2v) is 9.35. The fraction of sp³-hybridized carbons (Fsp3) is 0.233. The van der Waals surface area contributed by atoms with Gasteiger partial charge in [-0.15, -0.1) is 0 Å². The minimum absolute atomic E-state index is 0.124. The third-order valence-corrected chi connectivity index (χ3v) is 6.47. The number of hydrogen-bond donors (Lipinski definition) is 0. The van der Waals surface area contributed by atoms with Crippen molar-refractivity contribution >= 4 is 29.2 Å². The maximum Gasteiger partial charge on any atom is 0.310 e. The quantitative estimate of drug-likeness (QED) is 0.438. The van der Waals surface area contributed by atoms with Gasteiger partial charge in [0.1, 0.15) is 0 Å². The molecule has 2 aliphatic carbocycles. The van der Waals surface area contributed by atoms with E-state index in [-0.39, 0.29) is 36.2 Å². The fourth-order valence-electron chi connectivity index (χ4n) is 4.94. The lowest BCUT2D eigenvalue weighted by Crippen LogP contribution is -2.33. The second-order valence-electron chi connectivity index (χ2n) is 9.35. The van der Waals surface area contributed by atoms with Crippen LogP contribution in [0.5, 0.6) is 0 Å². The number of esters is 1. The molecule has 2 aliphatic rings. The molecule has 4 nitrogen and oxygen atoms in total. The Labute approximate surface area is 197 Å². The summed E-state index contributed by atoms with van der Waals surface area (Å²) in [5.74, 6) is -0.849. The van der Waals surface area contributed by atoms with Gasteiger partial charge < -0.3 is 4.74 Å². The molecule has 34 heavy (non-hydrogen) atoms. The first-order valence-corrected chi connectivity index (χ1v) is 11.7. The smallest absolute Gasteiger partial charge is 0.310 e. The van der Waals surface area contributed by atoms with Crippen molar-refractivity contribution in [2.24, 2.45) is 5.92 Å². The molecule has 1 unspecified atom stereocenters. The van der Waals surface area contributed by atoms with Gasteiger partial charge >= 0.3 is 5.97 Å². The largest absolute Gasteiger partial charge is 0.465 e. The summed E-state index contributed by atoms with van der Waals surface area (Å²) in [6.45, 7) is 4.23. The molecular formula is C30H26O4. The van der Waals surface area contributed by atoms with Crippen LogP contribution in [0, 0.1) is 16.4 Å². The first-order chi connectivity index (χ1) is 16.4. The molecule has 0 bridgehead atoms. The van der Waals surface area contributed by atoms with Crippen LogP contribution in [0.25, 0.3) is 11.6 Å². The maximum absolute atomic E-state index is 13.3.